The van der Waals surface area contributed by atoms with Crippen LogP contribution in [0.1, 0.15) is 34.6 Å². The van der Waals surface area contributed by atoms with Gasteiger partial charge in [0, 0.05) is 37.5 Å². The zero-order valence-electron chi connectivity index (χ0n) is 29.9. The standard InChI is InChI=1S/C42H39N3O8S/c1-5-11-38(43-42(48)53-26-37-34-14-9-7-12-32(34)33-13-8-10-15-35(33)37)41(47)44(4)24-29-25-45(54(49,50)31-19-16-28(3)17-20-31)39-21-18-30(23-36(29)39)52-27-40(46)51-22-6-2/h1,6-10,12-21,23,25,37-38H,2,11,22,24,26-27H2,3-4H3,(H,43,48). The number of likely N-dealkylation sites (N-methyl/N-ethyl adjacent to an activating group) is 1. The molecule has 0 spiro atoms. The molecule has 2 amide bonds. The van der Waals surface area contributed by atoms with Crippen molar-refractivity contribution in [2.24, 2.45) is 0 Å². The van der Waals surface area contributed by atoms with E-state index in [2.05, 4.69) is 17.8 Å². The molecule has 1 atom stereocenters. The number of terminal acetylenes is 1. The Bertz CT molecular complexity index is 2330. The lowest BCUT2D eigenvalue weighted by Gasteiger charge is -2.23. The fourth-order valence-corrected chi connectivity index (χ4v) is 7.91. The number of benzene rings is 4. The zero-order valence-corrected chi connectivity index (χ0v) is 30.7. The molecule has 11 nitrogen and oxygen atoms in total. The number of carbonyl (C=O) groups is 3. The molecule has 0 saturated carbocycles. The smallest absolute Gasteiger partial charge is 0.407 e. The highest BCUT2D eigenvalue weighted by molar-refractivity contribution is 7.90. The van der Waals surface area contributed by atoms with Gasteiger partial charge < -0.3 is 24.4 Å². The molecule has 276 valence electrons. The molecule has 1 unspecified atom stereocenters. The first kappa shape index (κ1) is 37.4. The Kier molecular flexibility index (Phi) is 11.2. The molecule has 5 aromatic rings. The van der Waals surface area contributed by atoms with Crippen molar-refractivity contribution in [2.45, 2.75) is 36.7 Å². The monoisotopic (exact) mass is 745 g/mol. The van der Waals surface area contributed by atoms with E-state index < -0.39 is 34.0 Å². The summed E-state index contributed by atoms with van der Waals surface area (Å²) in [4.78, 5) is 40.5. The summed E-state index contributed by atoms with van der Waals surface area (Å²) >= 11 is 0. The van der Waals surface area contributed by atoms with Crippen LogP contribution in [0.15, 0.2) is 115 Å². The lowest BCUT2D eigenvalue weighted by Crippen LogP contribution is -2.47. The molecular weight excluding hydrogens is 707 g/mol. The zero-order chi connectivity index (χ0) is 38.4. The highest BCUT2D eigenvalue weighted by atomic mass is 32.2. The minimum Gasteiger partial charge on any atom is -0.482 e. The van der Waals surface area contributed by atoms with Crippen molar-refractivity contribution in [3.05, 3.63) is 132 Å². The van der Waals surface area contributed by atoms with Gasteiger partial charge in [-0.15, -0.1) is 12.3 Å². The van der Waals surface area contributed by atoms with Crippen LogP contribution < -0.4 is 10.1 Å². The summed E-state index contributed by atoms with van der Waals surface area (Å²) < 4.78 is 45.3. The van der Waals surface area contributed by atoms with Crippen LogP contribution in [-0.4, -0.2) is 68.2 Å². The number of ether oxygens (including phenoxy) is 3. The molecule has 0 fully saturated rings. The van der Waals surface area contributed by atoms with Crippen molar-refractivity contribution < 1.29 is 37.0 Å². The normalized spacial score (nSPS) is 12.5. The van der Waals surface area contributed by atoms with Gasteiger partial charge in [0.2, 0.25) is 5.91 Å². The number of nitrogens with zero attached hydrogens (tertiary/aromatic N) is 2. The van der Waals surface area contributed by atoms with Crippen LogP contribution in [0.3, 0.4) is 0 Å². The molecule has 0 aliphatic heterocycles. The Morgan fingerprint density at radius 1 is 0.981 bits per heavy atom. The highest BCUT2D eigenvalue weighted by Crippen LogP contribution is 2.44. The molecule has 1 aliphatic carbocycles. The van der Waals surface area contributed by atoms with Crippen molar-refractivity contribution in [3.8, 4) is 29.2 Å². The van der Waals surface area contributed by atoms with Crippen LogP contribution in [0.5, 0.6) is 5.75 Å². The highest BCUT2D eigenvalue weighted by Gasteiger charge is 2.31. The topological polar surface area (TPSA) is 133 Å². The van der Waals surface area contributed by atoms with E-state index in [1.54, 1.807) is 30.3 Å². The molecule has 1 heterocycles. The Hall–Kier alpha value is -6.32. The minimum absolute atomic E-state index is 0.0300. The Morgan fingerprint density at radius 3 is 2.30 bits per heavy atom. The first-order valence-corrected chi connectivity index (χ1v) is 18.6. The summed E-state index contributed by atoms with van der Waals surface area (Å²) in [5.74, 6) is 1.44. The van der Waals surface area contributed by atoms with E-state index in [1.807, 2.05) is 55.5 Å². The number of hydrogen-bond acceptors (Lipinski definition) is 8. The summed E-state index contributed by atoms with van der Waals surface area (Å²) in [5.41, 5.74) is 5.94. The molecule has 1 aromatic heterocycles. The molecule has 1 N–H and O–H groups in total. The second-order valence-corrected chi connectivity index (χ2v) is 14.6. The second-order valence-electron chi connectivity index (χ2n) is 12.8. The van der Waals surface area contributed by atoms with E-state index in [0.29, 0.717) is 16.5 Å². The number of aryl methyl sites for hydroxylation is 1. The number of carbonyl (C=O) groups excluding carboxylic acids is 3. The van der Waals surface area contributed by atoms with Gasteiger partial charge in [-0.1, -0.05) is 78.9 Å². The minimum atomic E-state index is -4.07. The van der Waals surface area contributed by atoms with E-state index >= 15 is 0 Å². The maximum atomic E-state index is 13.9. The van der Waals surface area contributed by atoms with Crippen LogP contribution in [0, 0.1) is 19.3 Å². The van der Waals surface area contributed by atoms with Gasteiger partial charge in [0.25, 0.3) is 10.0 Å². The summed E-state index contributed by atoms with van der Waals surface area (Å²) in [5, 5.41) is 3.09. The average Bonchev–Trinajstić information content (AvgIpc) is 3.70. The predicted octanol–water partition coefficient (Wildman–Crippen LogP) is 6.18. The number of amides is 2. The molecule has 0 bridgehead atoms. The van der Waals surface area contributed by atoms with Crippen LogP contribution in [0.25, 0.3) is 22.0 Å². The predicted molar refractivity (Wildman–Crippen MR) is 204 cm³/mol. The van der Waals surface area contributed by atoms with Gasteiger partial charge in [-0.25, -0.2) is 22.0 Å². The third kappa shape index (κ3) is 7.86. The Balaban J connectivity index is 1.21. The van der Waals surface area contributed by atoms with Crippen molar-refractivity contribution >= 4 is 38.9 Å². The Morgan fingerprint density at radius 2 is 1.65 bits per heavy atom. The van der Waals surface area contributed by atoms with E-state index in [-0.39, 0.29) is 49.3 Å². The molecule has 4 aromatic carbocycles. The number of nitrogens with one attached hydrogen (secondary N) is 1. The van der Waals surface area contributed by atoms with Gasteiger partial charge in [0.1, 0.15) is 25.0 Å². The van der Waals surface area contributed by atoms with E-state index in [4.69, 9.17) is 20.6 Å². The van der Waals surface area contributed by atoms with Crippen molar-refractivity contribution in [3.63, 3.8) is 0 Å². The van der Waals surface area contributed by atoms with Gasteiger partial charge in [0.05, 0.1) is 10.4 Å². The maximum absolute atomic E-state index is 13.9. The van der Waals surface area contributed by atoms with Gasteiger partial charge in [0.15, 0.2) is 6.61 Å². The molecule has 1 aliphatic rings. The van der Waals surface area contributed by atoms with Gasteiger partial charge in [-0.2, -0.15) is 0 Å². The third-order valence-electron chi connectivity index (χ3n) is 9.16. The van der Waals surface area contributed by atoms with Gasteiger partial charge in [-0.05, 0) is 65.1 Å². The lowest BCUT2D eigenvalue weighted by molar-refractivity contribution is -0.144. The molecule has 54 heavy (non-hydrogen) atoms. The maximum Gasteiger partial charge on any atom is 0.407 e. The number of esters is 1. The summed E-state index contributed by atoms with van der Waals surface area (Å²) in [6.07, 6.45) is 7.59. The summed E-state index contributed by atoms with van der Waals surface area (Å²) in [6.45, 7) is 5.01. The van der Waals surface area contributed by atoms with Gasteiger partial charge in [-0.3, -0.25) is 4.79 Å². The fraction of sp³-hybridized carbons (Fsp3) is 0.214. The summed E-state index contributed by atoms with van der Waals surface area (Å²) in [6, 6.07) is 26.0. The first-order valence-electron chi connectivity index (χ1n) is 17.2. The number of hydrogen-bond donors (Lipinski definition) is 1. The fourth-order valence-electron chi connectivity index (χ4n) is 6.52. The third-order valence-corrected chi connectivity index (χ3v) is 10.8. The van der Waals surface area contributed by atoms with Crippen LogP contribution in [0.4, 0.5) is 4.79 Å². The van der Waals surface area contributed by atoms with Crippen molar-refractivity contribution in [1.82, 2.24) is 14.2 Å². The Labute approximate surface area is 314 Å². The molecule has 0 saturated heterocycles. The van der Waals surface area contributed by atoms with Gasteiger partial charge >= 0.3 is 12.1 Å². The molecular formula is C42H39N3O8S. The summed E-state index contributed by atoms with van der Waals surface area (Å²) in [7, 11) is -2.54. The second kappa shape index (κ2) is 16.1. The molecule has 0 radical (unpaired) electrons. The van der Waals surface area contributed by atoms with E-state index in [0.717, 1.165) is 31.8 Å². The number of alkyl carbamates (subject to hydrolysis) is 1. The molecule has 6 rings (SSSR count). The van der Waals surface area contributed by atoms with Crippen LogP contribution in [0.2, 0.25) is 0 Å². The van der Waals surface area contributed by atoms with E-state index in [9.17, 15) is 22.8 Å². The largest absolute Gasteiger partial charge is 0.482 e. The SMILES string of the molecule is C#CCC(NC(=O)OCC1c2ccccc2-c2ccccc21)C(=O)N(C)Cc1cn(S(=O)(=O)c2ccc(C)cc2)c2ccc(OCC(=O)OCC=C)cc12. The first-order chi connectivity index (χ1) is 26.0. The van der Waals surface area contributed by atoms with Crippen molar-refractivity contribution in [2.75, 3.05) is 26.9 Å². The quantitative estimate of drug-likeness (QED) is 0.0810. The van der Waals surface area contributed by atoms with Crippen molar-refractivity contribution in [1.29, 1.82) is 0 Å². The average molecular weight is 746 g/mol. The van der Waals surface area contributed by atoms with E-state index in [1.165, 1.54) is 36.4 Å². The number of fused-ring (bicyclic) bond motifs is 4. The van der Waals surface area contributed by atoms with Crippen LogP contribution >= 0.6 is 0 Å². The molecule has 12 heteroatoms. The number of rotatable bonds is 14. The number of aromatic nitrogens is 1. The van der Waals surface area contributed by atoms with Crippen LogP contribution in [-0.2, 0) is 35.6 Å². The lowest BCUT2D eigenvalue weighted by atomic mass is 9.98.